The van der Waals surface area contributed by atoms with Crippen molar-refractivity contribution in [2.75, 3.05) is 11.1 Å². The van der Waals surface area contributed by atoms with Crippen LogP contribution >= 0.6 is 11.3 Å². The predicted molar refractivity (Wildman–Crippen MR) is 65.3 cm³/mol. The van der Waals surface area contributed by atoms with Crippen LogP contribution in [-0.2, 0) is 11.2 Å². The number of pyridine rings is 1. The maximum Gasteiger partial charge on any atom is 0.229 e. The van der Waals surface area contributed by atoms with Crippen molar-refractivity contribution in [1.29, 1.82) is 0 Å². The van der Waals surface area contributed by atoms with Crippen LogP contribution in [0.25, 0.3) is 0 Å². The molecule has 2 aromatic rings. The van der Waals surface area contributed by atoms with E-state index in [1.807, 2.05) is 16.8 Å². The molecule has 0 saturated heterocycles. The summed E-state index contributed by atoms with van der Waals surface area (Å²) < 4.78 is 0. The molecule has 0 atom stereocenters. The molecule has 4 nitrogen and oxygen atoms in total. The van der Waals surface area contributed by atoms with Crippen LogP contribution in [0.15, 0.2) is 35.2 Å². The molecule has 3 N–H and O–H groups in total. The first-order valence-corrected chi connectivity index (χ1v) is 5.71. The third-order valence-corrected chi connectivity index (χ3v) is 2.73. The topological polar surface area (TPSA) is 68.0 Å². The van der Waals surface area contributed by atoms with Gasteiger partial charge in [0.05, 0.1) is 18.3 Å². The van der Waals surface area contributed by atoms with Gasteiger partial charge in [-0.1, -0.05) is 0 Å². The molecule has 2 aromatic heterocycles. The normalized spacial score (nSPS) is 10.0. The average molecular weight is 233 g/mol. The number of nitrogens with zero attached hydrogens (tertiary/aromatic N) is 1. The summed E-state index contributed by atoms with van der Waals surface area (Å²) in [5, 5.41) is 6.61. The van der Waals surface area contributed by atoms with Gasteiger partial charge >= 0.3 is 0 Å². The summed E-state index contributed by atoms with van der Waals surface area (Å²) in [6.45, 7) is 0. The largest absolute Gasteiger partial charge is 0.397 e. The third kappa shape index (κ3) is 2.80. The van der Waals surface area contributed by atoms with Gasteiger partial charge < -0.3 is 11.1 Å². The van der Waals surface area contributed by atoms with Crippen molar-refractivity contribution in [3.63, 3.8) is 0 Å². The molecule has 0 aliphatic heterocycles. The predicted octanol–water partition coefficient (Wildman–Crippen LogP) is 1.91. The summed E-state index contributed by atoms with van der Waals surface area (Å²) in [5.74, 6) is 0.449. The van der Waals surface area contributed by atoms with Crippen LogP contribution in [0.3, 0.4) is 0 Å². The van der Waals surface area contributed by atoms with Crippen molar-refractivity contribution in [3.8, 4) is 0 Å². The number of hydrogen-bond acceptors (Lipinski definition) is 4. The molecule has 0 unspecified atom stereocenters. The summed E-state index contributed by atoms with van der Waals surface area (Å²) in [4.78, 5) is 15.6. The van der Waals surface area contributed by atoms with E-state index < -0.39 is 0 Å². The van der Waals surface area contributed by atoms with Gasteiger partial charge in [0.1, 0.15) is 5.82 Å². The maximum atomic E-state index is 11.6. The van der Waals surface area contributed by atoms with Crippen molar-refractivity contribution in [1.82, 2.24) is 4.98 Å². The van der Waals surface area contributed by atoms with Gasteiger partial charge in [-0.05, 0) is 34.5 Å². The fourth-order valence-corrected chi connectivity index (χ4v) is 1.91. The second-order valence-electron chi connectivity index (χ2n) is 3.33. The summed E-state index contributed by atoms with van der Waals surface area (Å²) >= 11 is 1.58. The molecule has 0 aromatic carbocycles. The first-order chi connectivity index (χ1) is 7.74. The zero-order valence-corrected chi connectivity index (χ0v) is 9.33. The number of anilines is 2. The zero-order valence-electron chi connectivity index (χ0n) is 8.51. The van der Waals surface area contributed by atoms with E-state index in [2.05, 4.69) is 10.3 Å². The van der Waals surface area contributed by atoms with Crippen LogP contribution in [0.4, 0.5) is 11.5 Å². The van der Waals surface area contributed by atoms with Gasteiger partial charge in [-0.2, -0.15) is 11.3 Å². The molecule has 5 heteroatoms. The zero-order chi connectivity index (χ0) is 11.4. The van der Waals surface area contributed by atoms with E-state index in [1.54, 1.807) is 23.5 Å². The molecule has 0 saturated carbocycles. The number of carbonyl (C=O) groups is 1. The van der Waals surface area contributed by atoms with Crippen molar-refractivity contribution in [2.24, 2.45) is 0 Å². The van der Waals surface area contributed by atoms with Gasteiger partial charge in [0.2, 0.25) is 5.91 Å². The molecule has 0 aliphatic carbocycles. The van der Waals surface area contributed by atoms with Gasteiger partial charge in [-0.3, -0.25) is 4.79 Å². The van der Waals surface area contributed by atoms with Gasteiger partial charge in [0, 0.05) is 0 Å². The molecule has 0 radical (unpaired) electrons. The van der Waals surface area contributed by atoms with Crippen molar-refractivity contribution < 1.29 is 4.79 Å². The van der Waals surface area contributed by atoms with Crippen molar-refractivity contribution in [3.05, 3.63) is 40.7 Å². The van der Waals surface area contributed by atoms with Crippen LogP contribution in [0.2, 0.25) is 0 Å². The minimum atomic E-state index is -0.0735. The highest BCUT2D eigenvalue weighted by molar-refractivity contribution is 7.08. The Labute approximate surface area is 97.1 Å². The number of aromatic nitrogens is 1. The van der Waals surface area contributed by atoms with E-state index in [1.165, 1.54) is 6.20 Å². The number of carbonyl (C=O) groups excluding carboxylic acids is 1. The second kappa shape index (κ2) is 4.76. The first kappa shape index (κ1) is 10.6. The summed E-state index contributed by atoms with van der Waals surface area (Å²) in [6.07, 6.45) is 1.88. The van der Waals surface area contributed by atoms with E-state index >= 15 is 0 Å². The fourth-order valence-electron chi connectivity index (χ4n) is 1.24. The smallest absolute Gasteiger partial charge is 0.229 e. The monoisotopic (exact) mass is 233 g/mol. The third-order valence-electron chi connectivity index (χ3n) is 2.00. The number of nitrogen functional groups attached to an aromatic ring is 1. The Morgan fingerprint density at radius 1 is 1.44 bits per heavy atom. The molecule has 82 valence electrons. The molecule has 2 heterocycles. The lowest BCUT2D eigenvalue weighted by Gasteiger charge is -2.03. The standard InChI is InChI=1S/C11H11N3OS/c12-9-1-2-10(13-6-9)14-11(15)5-8-3-4-16-7-8/h1-4,6-7H,5,12H2,(H,13,14,15). The highest BCUT2D eigenvalue weighted by Crippen LogP contribution is 2.09. The van der Waals surface area contributed by atoms with E-state index in [-0.39, 0.29) is 5.91 Å². The van der Waals surface area contributed by atoms with E-state index in [9.17, 15) is 4.79 Å². The number of nitrogens with one attached hydrogen (secondary N) is 1. The van der Waals surface area contributed by atoms with Gasteiger partial charge in [-0.25, -0.2) is 4.98 Å². The summed E-state index contributed by atoms with van der Waals surface area (Å²) in [5.41, 5.74) is 7.08. The SMILES string of the molecule is Nc1ccc(NC(=O)Cc2ccsc2)nc1. The molecule has 2 rings (SSSR count). The molecule has 0 spiro atoms. The Hall–Kier alpha value is -1.88. The maximum absolute atomic E-state index is 11.6. The fraction of sp³-hybridized carbons (Fsp3) is 0.0909. The molecule has 0 fully saturated rings. The van der Waals surface area contributed by atoms with Crippen LogP contribution < -0.4 is 11.1 Å². The van der Waals surface area contributed by atoms with E-state index in [4.69, 9.17) is 5.73 Å². The van der Waals surface area contributed by atoms with Crippen molar-refractivity contribution >= 4 is 28.7 Å². The minimum absolute atomic E-state index is 0.0735. The van der Waals surface area contributed by atoms with Gasteiger partial charge in [0.25, 0.3) is 0 Å². The Balaban J connectivity index is 1.95. The average Bonchev–Trinajstić information content (AvgIpc) is 2.74. The van der Waals surface area contributed by atoms with Gasteiger partial charge in [-0.15, -0.1) is 0 Å². The quantitative estimate of drug-likeness (QED) is 0.850. The lowest BCUT2D eigenvalue weighted by Crippen LogP contribution is -2.14. The van der Waals surface area contributed by atoms with E-state index in [0.29, 0.717) is 17.9 Å². The lowest BCUT2D eigenvalue weighted by atomic mass is 10.2. The van der Waals surface area contributed by atoms with Gasteiger partial charge in [0.15, 0.2) is 0 Å². The second-order valence-corrected chi connectivity index (χ2v) is 4.11. The Morgan fingerprint density at radius 2 is 2.31 bits per heavy atom. The van der Waals surface area contributed by atoms with E-state index in [0.717, 1.165) is 5.56 Å². The number of rotatable bonds is 3. The summed E-state index contributed by atoms with van der Waals surface area (Å²) in [7, 11) is 0. The number of amides is 1. The summed E-state index contributed by atoms with van der Waals surface area (Å²) in [6, 6.07) is 5.31. The Kier molecular flexibility index (Phi) is 3.16. The number of hydrogen-bond donors (Lipinski definition) is 2. The van der Waals surface area contributed by atoms with Crippen LogP contribution in [0.5, 0.6) is 0 Å². The minimum Gasteiger partial charge on any atom is -0.397 e. The molecule has 0 aliphatic rings. The molecular formula is C11H11N3OS. The lowest BCUT2D eigenvalue weighted by molar-refractivity contribution is -0.115. The van der Waals surface area contributed by atoms with Crippen LogP contribution in [0, 0.1) is 0 Å². The Bertz CT molecular complexity index is 464. The highest BCUT2D eigenvalue weighted by Gasteiger charge is 2.04. The van der Waals surface area contributed by atoms with Crippen LogP contribution in [-0.4, -0.2) is 10.9 Å². The van der Waals surface area contributed by atoms with Crippen LogP contribution in [0.1, 0.15) is 5.56 Å². The number of thiophene rings is 1. The molecule has 16 heavy (non-hydrogen) atoms. The Morgan fingerprint density at radius 3 is 2.94 bits per heavy atom. The van der Waals surface area contributed by atoms with Crippen molar-refractivity contribution in [2.45, 2.75) is 6.42 Å². The number of nitrogens with two attached hydrogens (primary N) is 1. The molecule has 0 bridgehead atoms. The molecule has 1 amide bonds. The first-order valence-electron chi connectivity index (χ1n) is 4.76. The highest BCUT2D eigenvalue weighted by atomic mass is 32.1. The molecular weight excluding hydrogens is 222 g/mol.